The van der Waals surface area contributed by atoms with Crippen LogP contribution in [0.3, 0.4) is 0 Å². The first-order valence-corrected chi connectivity index (χ1v) is 7.20. The SMILES string of the molecule is COC(CC(CN)N1CC(C)SC(C)C1)OC. The molecular formula is C12H26N2O2S. The maximum absolute atomic E-state index is 5.89. The molecule has 0 bridgehead atoms. The van der Waals surface area contributed by atoms with Crippen molar-refractivity contribution in [3.8, 4) is 0 Å². The summed E-state index contributed by atoms with van der Waals surface area (Å²) in [5.74, 6) is 0. The summed E-state index contributed by atoms with van der Waals surface area (Å²) in [6, 6.07) is 0.352. The van der Waals surface area contributed by atoms with Gasteiger partial charge >= 0.3 is 0 Å². The fourth-order valence-electron chi connectivity index (χ4n) is 2.42. The van der Waals surface area contributed by atoms with Gasteiger partial charge in [-0.1, -0.05) is 13.8 Å². The molecule has 3 atom stereocenters. The van der Waals surface area contributed by atoms with Gasteiger partial charge < -0.3 is 15.2 Å². The molecule has 1 heterocycles. The summed E-state index contributed by atoms with van der Waals surface area (Å²) in [7, 11) is 3.36. The summed E-state index contributed by atoms with van der Waals surface area (Å²) >= 11 is 2.06. The molecule has 0 aromatic heterocycles. The van der Waals surface area contributed by atoms with Crippen molar-refractivity contribution in [2.75, 3.05) is 33.9 Å². The Morgan fingerprint density at radius 1 is 1.24 bits per heavy atom. The number of nitrogens with two attached hydrogens (primary N) is 1. The first-order chi connectivity index (χ1) is 8.10. The van der Waals surface area contributed by atoms with E-state index in [0.717, 1.165) is 19.5 Å². The Morgan fingerprint density at radius 3 is 2.18 bits per heavy atom. The van der Waals surface area contributed by atoms with Crippen molar-refractivity contribution >= 4 is 11.8 Å². The lowest BCUT2D eigenvalue weighted by Crippen LogP contribution is -2.50. The standard InChI is InChI=1S/C12H26N2O2S/c1-9-7-14(8-10(2)17-9)11(6-13)5-12(15-3)16-4/h9-12H,5-8,13H2,1-4H3. The van der Waals surface area contributed by atoms with Crippen LogP contribution in [-0.4, -0.2) is 61.6 Å². The zero-order valence-corrected chi connectivity index (χ0v) is 12.2. The van der Waals surface area contributed by atoms with E-state index in [-0.39, 0.29) is 6.29 Å². The monoisotopic (exact) mass is 262 g/mol. The van der Waals surface area contributed by atoms with Crippen LogP contribution in [0.4, 0.5) is 0 Å². The summed E-state index contributed by atoms with van der Waals surface area (Å²) in [5.41, 5.74) is 5.89. The van der Waals surface area contributed by atoms with Gasteiger partial charge in [-0.05, 0) is 0 Å². The first kappa shape index (κ1) is 15.2. The molecule has 0 amide bonds. The Bertz CT molecular complexity index is 205. The van der Waals surface area contributed by atoms with Crippen LogP contribution in [-0.2, 0) is 9.47 Å². The number of rotatable bonds is 6. The lowest BCUT2D eigenvalue weighted by molar-refractivity contribution is -0.116. The smallest absolute Gasteiger partial charge is 0.158 e. The van der Waals surface area contributed by atoms with Crippen LogP contribution in [0.15, 0.2) is 0 Å². The van der Waals surface area contributed by atoms with E-state index in [1.54, 1.807) is 14.2 Å². The molecule has 1 rings (SSSR count). The van der Waals surface area contributed by atoms with Gasteiger partial charge in [-0.25, -0.2) is 0 Å². The highest BCUT2D eigenvalue weighted by molar-refractivity contribution is 8.00. The highest BCUT2D eigenvalue weighted by Crippen LogP contribution is 2.26. The third-order valence-electron chi connectivity index (χ3n) is 3.23. The topological polar surface area (TPSA) is 47.7 Å². The minimum absolute atomic E-state index is 0.149. The van der Waals surface area contributed by atoms with Crippen LogP contribution >= 0.6 is 11.8 Å². The molecule has 102 valence electrons. The van der Waals surface area contributed by atoms with Crippen LogP contribution < -0.4 is 5.73 Å². The largest absolute Gasteiger partial charge is 0.356 e. The van der Waals surface area contributed by atoms with Gasteiger partial charge in [0.2, 0.25) is 0 Å². The minimum atomic E-state index is -0.149. The predicted molar refractivity (Wildman–Crippen MR) is 73.4 cm³/mol. The fourth-order valence-corrected chi connectivity index (χ4v) is 3.77. The Labute approximate surface area is 109 Å². The predicted octanol–water partition coefficient (Wildman–Crippen LogP) is 1.15. The van der Waals surface area contributed by atoms with Crippen LogP contribution in [0.2, 0.25) is 0 Å². The number of hydrogen-bond donors (Lipinski definition) is 1. The molecule has 2 N–H and O–H groups in total. The minimum Gasteiger partial charge on any atom is -0.356 e. The number of hydrogen-bond acceptors (Lipinski definition) is 5. The third-order valence-corrected chi connectivity index (χ3v) is 4.45. The van der Waals surface area contributed by atoms with Gasteiger partial charge in [0.05, 0.1) is 0 Å². The first-order valence-electron chi connectivity index (χ1n) is 6.25. The van der Waals surface area contributed by atoms with Gasteiger partial charge in [0.15, 0.2) is 6.29 Å². The molecule has 17 heavy (non-hydrogen) atoms. The molecule has 0 saturated carbocycles. The van der Waals surface area contributed by atoms with Crippen molar-refractivity contribution in [3.63, 3.8) is 0 Å². The van der Waals surface area contributed by atoms with Crippen molar-refractivity contribution in [1.29, 1.82) is 0 Å². The normalized spacial score (nSPS) is 28.6. The van der Waals surface area contributed by atoms with E-state index in [1.807, 2.05) is 0 Å². The van der Waals surface area contributed by atoms with Gasteiger partial charge in [-0.2, -0.15) is 11.8 Å². The van der Waals surface area contributed by atoms with Crippen LogP contribution in [0.25, 0.3) is 0 Å². The van der Waals surface area contributed by atoms with Crippen molar-refractivity contribution in [1.82, 2.24) is 4.90 Å². The quantitative estimate of drug-likeness (QED) is 0.728. The maximum Gasteiger partial charge on any atom is 0.158 e. The Balaban J connectivity index is 2.53. The summed E-state index contributed by atoms with van der Waals surface area (Å²) < 4.78 is 10.5. The van der Waals surface area contributed by atoms with Crippen molar-refractivity contribution in [2.24, 2.45) is 5.73 Å². The lowest BCUT2D eigenvalue weighted by Gasteiger charge is -2.40. The van der Waals surface area contributed by atoms with E-state index < -0.39 is 0 Å². The van der Waals surface area contributed by atoms with Crippen LogP contribution in [0.5, 0.6) is 0 Å². The summed E-state index contributed by atoms with van der Waals surface area (Å²) in [4.78, 5) is 2.48. The Morgan fingerprint density at radius 2 is 1.76 bits per heavy atom. The molecule has 0 aromatic rings. The highest BCUT2D eigenvalue weighted by atomic mass is 32.2. The molecule has 5 heteroatoms. The van der Waals surface area contributed by atoms with Crippen molar-refractivity contribution < 1.29 is 9.47 Å². The average molecular weight is 262 g/mol. The molecule has 1 fully saturated rings. The van der Waals surface area contributed by atoms with E-state index in [2.05, 4.69) is 30.5 Å². The molecule has 1 saturated heterocycles. The van der Waals surface area contributed by atoms with Gasteiger partial charge in [0.25, 0.3) is 0 Å². The maximum atomic E-state index is 5.89. The lowest BCUT2D eigenvalue weighted by atomic mass is 10.1. The summed E-state index contributed by atoms with van der Waals surface area (Å²) in [6.07, 6.45) is 0.692. The number of methoxy groups -OCH3 is 2. The zero-order chi connectivity index (χ0) is 12.8. The summed E-state index contributed by atoms with van der Waals surface area (Å²) in [6.45, 7) is 7.44. The second-order valence-electron chi connectivity index (χ2n) is 4.74. The van der Waals surface area contributed by atoms with Crippen LogP contribution in [0, 0.1) is 0 Å². The van der Waals surface area contributed by atoms with Gasteiger partial charge in [0.1, 0.15) is 0 Å². The molecule has 0 aromatic carbocycles. The molecule has 1 aliphatic rings. The summed E-state index contributed by atoms with van der Waals surface area (Å²) in [5, 5.41) is 1.35. The Kier molecular flexibility index (Phi) is 6.80. The van der Waals surface area contributed by atoms with Gasteiger partial charge in [-0.15, -0.1) is 0 Å². The second kappa shape index (κ2) is 7.59. The molecule has 0 radical (unpaired) electrons. The fraction of sp³-hybridized carbons (Fsp3) is 1.00. The number of ether oxygens (including phenoxy) is 2. The molecule has 1 aliphatic heterocycles. The van der Waals surface area contributed by atoms with Crippen molar-refractivity contribution in [2.45, 2.75) is 43.1 Å². The second-order valence-corrected chi connectivity index (χ2v) is 6.62. The van der Waals surface area contributed by atoms with E-state index in [9.17, 15) is 0 Å². The molecular weight excluding hydrogens is 236 g/mol. The van der Waals surface area contributed by atoms with Crippen molar-refractivity contribution in [3.05, 3.63) is 0 Å². The molecule has 0 spiro atoms. The highest BCUT2D eigenvalue weighted by Gasteiger charge is 2.28. The van der Waals surface area contributed by atoms with E-state index in [1.165, 1.54) is 0 Å². The van der Waals surface area contributed by atoms with Gasteiger partial charge in [-0.3, -0.25) is 4.90 Å². The molecule has 0 aliphatic carbocycles. The average Bonchev–Trinajstić information content (AvgIpc) is 2.29. The number of thioether (sulfide) groups is 1. The molecule has 4 nitrogen and oxygen atoms in total. The van der Waals surface area contributed by atoms with E-state index in [4.69, 9.17) is 15.2 Å². The molecule has 3 unspecified atom stereocenters. The third kappa shape index (κ3) is 4.75. The van der Waals surface area contributed by atoms with Gasteiger partial charge in [0, 0.05) is 56.8 Å². The van der Waals surface area contributed by atoms with Crippen LogP contribution in [0.1, 0.15) is 20.3 Å². The zero-order valence-electron chi connectivity index (χ0n) is 11.4. The van der Waals surface area contributed by atoms with E-state index >= 15 is 0 Å². The Hall–Kier alpha value is 0.190. The van der Waals surface area contributed by atoms with E-state index in [0.29, 0.717) is 23.1 Å². The number of nitrogens with zero attached hydrogens (tertiary/aromatic N) is 1.